The number of ether oxygens (including phenoxy) is 3. The molecule has 0 bridgehead atoms. The fourth-order valence-corrected chi connectivity index (χ4v) is 3.99. The number of nitrogens with zero attached hydrogens (tertiary/aromatic N) is 1. The van der Waals surface area contributed by atoms with Crippen molar-refractivity contribution in [3.8, 4) is 11.5 Å². The summed E-state index contributed by atoms with van der Waals surface area (Å²) >= 11 is 5.07. The Morgan fingerprint density at radius 2 is 1.85 bits per heavy atom. The molecule has 1 aromatic heterocycles. The fraction of sp³-hybridized carbons (Fsp3) is 0.688. The Hall–Kier alpha value is -0.113. The SMILES string of the molecule is COCOc1c(OC(CO[Si](C)(C)C(C)(C)C)C(F)(F)F)cc(I)nc1Br. The van der Waals surface area contributed by atoms with Crippen LogP contribution in [0.25, 0.3) is 0 Å². The molecule has 0 aromatic carbocycles. The van der Waals surface area contributed by atoms with Crippen LogP contribution in [0.1, 0.15) is 20.8 Å². The molecule has 0 saturated carbocycles. The third kappa shape index (κ3) is 7.33. The summed E-state index contributed by atoms with van der Waals surface area (Å²) in [5.41, 5.74) is 0. The maximum atomic E-state index is 13.6. The normalized spacial score (nSPS) is 14.2. The average Bonchev–Trinajstić information content (AvgIpc) is 2.48. The molecule has 1 rings (SSSR count). The van der Waals surface area contributed by atoms with Crippen molar-refractivity contribution in [1.82, 2.24) is 4.98 Å². The molecule has 1 aromatic rings. The Morgan fingerprint density at radius 1 is 1.26 bits per heavy atom. The molecule has 0 aliphatic carbocycles. The summed E-state index contributed by atoms with van der Waals surface area (Å²) in [6.45, 7) is 8.90. The van der Waals surface area contributed by atoms with E-state index in [-0.39, 0.29) is 27.9 Å². The van der Waals surface area contributed by atoms with Crippen LogP contribution in [0.2, 0.25) is 18.1 Å². The second kappa shape index (κ2) is 9.59. The van der Waals surface area contributed by atoms with Gasteiger partial charge in [0, 0.05) is 13.2 Å². The van der Waals surface area contributed by atoms with Gasteiger partial charge in [-0.15, -0.1) is 0 Å². The van der Waals surface area contributed by atoms with Gasteiger partial charge in [-0.05, 0) is 56.7 Å². The lowest BCUT2D eigenvalue weighted by atomic mass is 10.2. The Balaban J connectivity index is 3.11. The third-order valence-corrected chi connectivity index (χ3v) is 9.81. The van der Waals surface area contributed by atoms with Gasteiger partial charge in [-0.2, -0.15) is 13.2 Å². The summed E-state index contributed by atoms with van der Waals surface area (Å²) < 4.78 is 62.6. The highest BCUT2D eigenvalue weighted by molar-refractivity contribution is 14.1. The molecule has 0 fully saturated rings. The van der Waals surface area contributed by atoms with E-state index in [2.05, 4.69) is 20.9 Å². The van der Waals surface area contributed by atoms with E-state index in [1.54, 1.807) is 0 Å². The molecule has 0 aliphatic heterocycles. The second-order valence-electron chi connectivity index (χ2n) is 7.33. The Labute approximate surface area is 180 Å². The van der Waals surface area contributed by atoms with Crippen LogP contribution in [0.4, 0.5) is 13.2 Å². The molecule has 0 radical (unpaired) electrons. The van der Waals surface area contributed by atoms with Crippen molar-refractivity contribution in [2.75, 3.05) is 20.5 Å². The number of pyridine rings is 1. The standard InChI is InChI=1S/C16H24BrF3INO4Si/c1-15(2,3)27(5,6)25-8-11(16(18,19)20)26-10-7-12(21)22-14(17)13(10)24-9-23-4/h7,11H,8-9H2,1-6H3. The van der Waals surface area contributed by atoms with Crippen LogP contribution in [0, 0.1) is 3.70 Å². The highest BCUT2D eigenvalue weighted by Crippen LogP contribution is 2.40. The maximum Gasteiger partial charge on any atom is 0.427 e. The van der Waals surface area contributed by atoms with Gasteiger partial charge in [-0.1, -0.05) is 20.8 Å². The summed E-state index contributed by atoms with van der Waals surface area (Å²) in [5, 5.41) is -0.217. The van der Waals surface area contributed by atoms with Crippen LogP contribution < -0.4 is 9.47 Å². The summed E-state index contributed by atoms with van der Waals surface area (Å²) in [6.07, 6.45) is -6.75. The zero-order valence-electron chi connectivity index (χ0n) is 16.0. The maximum absolute atomic E-state index is 13.6. The van der Waals surface area contributed by atoms with Gasteiger partial charge >= 0.3 is 6.18 Å². The molecular formula is C16H24BrF3INO4Si. The highest BCUT2D eigenvalue weighted by atomic mass is 127. The van der Waals surface area contributed by atoms with E-state index in [0.717, 1.165) is 0 Å². The predicted molar refractivity (Wildman–Crippen MR) is 111 cm³/mol. The summed E-state index contributed by atoms with van der Waals surface area (Å²) in [5.74, 6) is -0.0432. The van der Waals surface area contributed by atoms with E-state index in [0.29, 0.717) is 3.70 Å². The molecule has 1 atom stereocenters. The predicted octanol–water partition coefficient (Wildman–Crippen LogP) is 5.76. The van der Waals surface area contributed by atoms with Crippen LogP contribution in [0.5, 0.6) is 11.5 Å². The quantitative estimate of drug-likeness (QED) is 0.168. The van der Waals surface area contributed by atoms with E-state index in [4.69, 9.17) is 18.6 Å². The van der Waals surface area contributed by atoms with Crippen molar-refractivity contribution >= 4 is 46.8 Å². The first-order valence-corrected chi connectivity index (χ1v) is 12.8. The first kappa shape index (κ1) is 24.9. The zero-order valence-corrected chi connectivity index (χ0v) is 20.8. The van der Waals surface area contributed by atoms with Crippen molar-refractivity contribution in [2.45, 2.75) is 51.2 Å². The van der Waals surface area contributed by atoms with E-state index in [1.807, 2.05) is 56.5 Å². The monoisotopic (exact) mass is 585 g/mol. The van der Waals surface area contributed by atoms with Crippen LogP contribution in [-0.4, -0.2) is 46.1 Å². The Bertz CT molecular complexity index is 641. The second-order valence-corrected chi connectivity index (χ2v) is 14.0. The first-order valence-electron chi connectivity index (χ1n) is 8.04. The van der Waals surface area contributed by atoms with E-state index >= 15 is 0 Å². The average molecular weight is 586 g/mol. The first-order chi connectivity index (χ1) is 12.2. The molecule has 1 unspecified atom stereocenters. The lowest BCUT2D eigenvalue weighted by molar-refractivity contribution is -0.203. The minimum atomic E-state index is -4.61. The van der Waals surface area contributed by atoms with Gasteiger partial charge in [0.25, 0.3) is 0 Å². The number of hydrogen-bond donors (Lipinski definition) is 0. The van der Waals surface area contributed by atoms with Gasteiger partial charge in [0.1, 0.15) is 3.70 Å². The number of alkyl halides is 3. The van der Waals surface area contributed by atoms with Crippen molar-refractivity contribution in [3.63, 3.8) is 0 Å². The van der Waals surface area contributed by atoms with Gasteiger partial charge in [0.2, 0.25) is 6.10 Å². The van der Waals surface area contributed by atoms with Crippen molar-refractivity contribution in [2.24, 2.45) is 0 Å². The molecule has 27 heavy (non-hydrogen) atoms. The van der Waals surface area contributed by atoms with E-state index < -0.39 is 27.2 Å². The van der Waals surface area contributed by atoms with Crippen molar-refractivity contribution < 1.29 is 31.8 Å². The lowest BCUT2D eigenvalue weighted by Gasteiger charge is -2.37. The lowest BCUT2D eigenvalue weighted by Crippen LogP contribution is -2.47. The summed E-state index contributed by atoms with van der Waals surface area (Å²) in [4.78, 5) is 4.11. The molecule has 0 spiro atoms. The highest BCUT2D eigenvalue weighted by Gasteiger charge is 2.45. The van der Waals surface area contributed by atoms with Crippen LogP contribution in [-0.2, 0) is 9.16 Å². The molecule has 0 saturated heterocycles. The molecule has 1 heterocycles. The number of rotatable bonds is 8. The Morgan fingerprint density at radius 3 is 2.33 bits per heavy atom. The molecular weight excluding hydrogens is 562 g/mol. The van der Waals surface area contributed by atoms with Crippen LogP contribution >= 0.6 is 38.5 Å². The molecule has 0 N–H and O–H groups in total. The minimum Gasteiger partial charge on any atom is -0.474 e. The molecule has 5 nitrogen and oxygen atoms in total. The molecule has 11 heteroatoms. The summed E-state index contributed by atoms with van der Waals surface area (Å²) in [6, 6.07) is 1.38. The van der Waals surface area contributed by atoms with Crippen LogP contribution in [0.3, 0.4) is 0 Å². The Kier molecular flexibility index (Phi) is 8.85. The van der Waals surface area contributed by atoms with Crippen LogP contribution in [0.15, 0.2) is 10.7 Å². The topological polar surface area (TPSA) is 49.8 Å². The van der Waals surface area contributed by atoms with Gasteiger partial charge in [0.15, 0.2) is 31.2 Å². The van der Waals surface area contributed by atoms with Crippen molar-refractivity contribution in [1.29, 1.82) is 0 Å². The smallest absolute Gasteiger partial charge is 0.427 e. The van der Waals surface area contributed by atoms with Gasteiger partial charge in [-0.25, -0.2) is 4.98 Å². The zero-order chi connectivity index (χ0) is 21.0. The van der Waals surface area contributed by atoms with Crippen molar-refractivity contribution in [3.05, 3.63) is 14.4 Å². The third-order valence-electron chi connectivity index (χ3n) is 4.22. The van der Waals surface area contributed by atoms with Gasteiger partial charge in [0.05, 0.1) is 6.61 Å². The molecule has 0 amide bonds. The number of methoxy groups -OCH3 is 1. The largest absolute Gasteiger partial charge is 0.474 e. The van der Waals surface area contributed by atoms with Gasteiger partial charge in [-0.3, -0.25) is 0 Å². The number of aromatic nitrogens is 1. The number of halogens is 5. The van der Waals surface area contributed by atoms with E-state index in [9.17, 15) is 13.2 Å². The molecule has 0 aliphatic rings. The van der Waals surface area contributed by atoms with Gasteiger partial charge < -0.3 is 18.6 Å². The molecule has 156 valence electrons. The summed E-state index contributed by atoms with van der Waals surface area (Å²) in [7, 11) is -0.972. The van der Waals surface area contributed by atoms with E-state index in [1.165, 1.54) is 13.2 Å². The number of hydrogen-bond acceptors (Lipinski definition) is 5. The fourth-order valence-electron chi connectivity index (χ4n) is 1.64. The minimum absolute atomic E-state index is 0.0406.